The summed E-state index contributed by atoms with van der Waals surface area (Å²) in [6, 6.07) is 7.99. The first kappa shape index (κ1) is 15.8. The van der Waals surface area contributed by atoms with Gasteiger partial charge in [0.25, 0.3) is 0 Å². The number of hydrogen-bond acceptors (Lipinski definition) is 4. The normalized spacial score (nSPS) is 21.3. The molecule has 2 atom stereocenters. The Hall–Kier alpha value is -0.560. The van der Waals surface area contributed by atoms with Gasteiger partial charge in [-0.3, -0.25) is 0 Å². The molecule has 1 aliphatic heterocycles. The molecule has 1 saturated heterocycles. The number of benzene rings is 1. The lowest BCUT2D eigenvalue weighted by molar-refractivity contribution is 0.485. The molecule has 0 saturated carbocycles. The van der Waals surface area contributed by atoms with Crippen LogP contribution in [0.3, 0.4) is 0 Å². The monoisotopic (exact) mass is 314 g/mol. The summed E-state index contributed by atoms with van der Waals surface area (Å²) >= 11 is 1.98. The highest BCUT2D eigenvalue weighted by Gasteiger charge is 2.20. The van der Waals surface area contributed by atoms with Crippen LogP contribution in [0.25, 0.3) is 0 Å². The lowest BCUT2D eigenvalue weighted by Crippen LogP contribution is -2.31. The molecule has 0 spiro atoms. The van der Waals surface area contributed by atoms with Crippen molar-refractivity contribution in [2.75, 3.05) is 25.6 Å². The Morgan fingerprint density at radius 3 is 2.45 bits per heavy atom. The van der Waals surface area contributed by atoms with Gasteiger partial charge < -0.3 is 5.32 Å². The van der Waals surface area contributed by atoms with Gasteiger partial charge in [-0.1, -0.05) is 12.1 Å². The third kappa shape index (κ3) is 3.55. The first-order valence-electron chi connectivity index (χ1n) is 6.77. The van der Waals surface area contributed by atoms with E-state index in [1.807, 2.05) is 23.9 Å². The number of rotatable bonds is 5. The minimum atomic E-state index is -3.33. The van der Waals surface area contributed by atoms with Gasteiger partial charge in [0.05, 0.1) is 4.90 Å². The third-order valence-electron chi connectivity index (χ3n) is 3.57. The van der Waals surface area contributed by atoms with E-state index in [2.05, 4.69) is 12.2 Å². The zero-order chi connectivity index (χ0) is 14.8. The molecule has 1 fully saturated rings. The fourth-order valence-corrected chi connectivity index (χ4v) is 4.32. The minimum absolute atomic E-state index is 0.245. The molecule has 1 N–H and O–H groups in total. The molecule has 6 heteroatoms. The van der Waals surface area contributed by atoms with E-state index >= 15 is 0 Å². The van der Waals surface area contributed by atoms with E-state index in [4.69, 9.17) is 0 Å². The van der Waals surface area contributed by atoms with Gasteiger partial charge in [-0.15, -0.1) is 0 Å². The van der Waals surface area contributed by atoms with Gasteiger partial charge in [0.2, 0.25) is 10.0 Å². The van der Waals surface area contributed by atoms with Crippen molar-refractivity contribution < 1.29 is 8.42 Å². The van der Waals surface area contributed by atoms with Crippen molar-refractivity contribution in [1.29, 1.82) is 0 Å². The highest BCUT2D eigenvalue weighted by atomic mass is 32.2. The smallest absolute Gasteiger partial charge is 0.242 e. The lowest BCUT2D eigenvalue weighted by atomic mass is 10.1. The molecule has 112 valence electrons. The number of hydrogen-bond donors (Lipinski definition) is 1. The van der Waals surface area contributed by atoms with E-state index in [1.54, 1.807) is 26.2 Å². The average molecular weight is 314 g/mol. The van der Waals surface area contributed by atoms with Gasteiger partial charge in [0.1, 0.15) is 0 Å². The van der Waals surface area contributed by atoms with Crippen LogP contribution in [0.2, 0.25) is 0 Å². The first-order chi connectivity index (χ1) is 9.41. The summed E-state index contributed by atoms with van der Waals surface area (Å²) in [5.41, 5.74) is 1.12. The Balaban J connectivity index is 2.07. The van der Waals surface area contributed by atoms with Crippen molar-refractivity contribution in [3.63, 3.8) is 0 Å². The molecule has 1 aromatic rings. The van der Waals surface area contributed by atoms with Crippen LogP contribution in [0.5, 0.6) is 0 Å². The summed E-state index contributed by atoms with van der Waals surface area (Å²) in [7, 11) is -0.239. The van der Waals surface area contributed by atoms with Crippen molar-refractivity contribution in [2.24, 2.45) is 0 Å². The second-order valence-electron chi connectivity index (χ2n) is 5.31. The molecule has 1 aliphatic rings. The number of sulfonamides is 1. The lowest BCUT2D eigenvalue weighted by Gasteiger charge is -2.19. The summed E-state index contributed by atoms with van der Waals surface area (Å²) < 4.78 is 25.2. The zero-order valence-corrected chi connectivity index (χ0v) is 13.8. The highest BCUT2D eigenvalue weighted by molar-refractivity contribution is 7.99. The average Bonchev–Trinajstić information content (AvgIpc) is 2.91. The van der Waals surface area contributed by atoms with E-state index in [0.29, 0.717) is 10.9 Å². The zero-order valence-electron chi connectivity index (χ0n) is 12.2. The minimum Gasteiger partial charge on any atom is -0.307 e. The maximum atomic E-state index is 12.0. The maximum absolute atomic E-state index is 12.0. The Kier molecular flexibility index (Phi) is 5.12. The SMILES string of the molecule is CC(NC1CCSC1)c1ccc(S(=O)(=O)N(C)C)cc1. The Morgan fingerprint density at radius 1 is 1.30 bits per heavy atom. The molecular formula is C14H22N2O2S2. The fraction of sp³-hybridized carbons (Fsp3) is 0.571. The fourth-order valence-electron chi connectivity index (χ4n) is 2.26. The molecule has 0 bridgehead atoms. The van der Waals surface area contributed by atoms with Gasteiger partial charge in [-0.25, -0.2) is 12.7 Å². The first-order valence-corrected chi connectivity index (χ1v) is 9.37. The topological polar surface area (TPSA) is 49.4 Å². The van der Waals surface area contributed by atoms with Crippen LogP contribution in [-0.2, 0) is 10.0 Å². The molecule has 0 amide bonds. The van der Waals surface area contributed by atoms with E-state index in [9.17, 15) is 8.42 Å². The van der Waals surface area contributed by atoms with E-state index < -0.39 is 10.0 Å². The van der Waals surface area contributed by atoms with E-state index in [-0.39, 0.29) is 6.04 Å². The number of thioether (sulfide) groups is 1. The van der Waals surface area contributed by atoms with Gasteiger partial charge in [-0.2, -0.15) is 11.8 Å². The van der Waals surface area contributed by atoms with Crippen molar-refractivity contribution in [2.45, 2.75) is 30.3 Å². The predicted molar refractivity (Wildman–Crippen MR) is 84.6 cm³/mol. The molecule has 20 heavy (non-hydrogen) atoms. The van der Waals surface area contributed by atoms with Crippen molar-refractivity contribution in [1.82, 2.24) is 9.62 Å². The van der Waals surface area contributed by atoms with Crippen molar-refractivity contribution in [3.8, 4) is 0 Å². The van der Waals surface area contributed by atoms with Gasteiger partial charge in [-0.05, 0) is 36.8 Å². The molecule has 1 aromatic carbocycles. The van der Waals surface area contributed by atoms with Crippen molar-refractivity contribution in [3.05, 3.63) is 29.8 Å². The highest BCUT2D eigenvalue weighted by Crippen LogP contribution is 2.22. The number of nitrogens with zero attached hydrogens (tertiary/aromatic N) is 1. The summed E-state index contributed by atoms with van der Waals surface area (Å²) in [6.45, 7) is 2.12. The molecule has 0 aliphatic carbocycles. The Bertz CT molecular complexity index is 535. The Morgan fingerprint density at radius 2 is 1.95 bits per heavy atom. The summed E-state index contributed by atoms with van der Waals surface area (Å²) in [5, 5.41) is 3.60. The summed E-state index contributed by atoms with van der Waals surface area (Å²) in [4.78, 5) is 0.342. The Labute approximate surface area is 126 Å². The van der Waals surface area contributed by atoms with E-state index in [0.717, 1.165) is 11.3 Å². The van der Waals surface area contributed by atoms with E-state index in [1.165, 1.54) is 16.5 Å². The van der Waals surface area contributed by atoms with Crippen LogP contribution < -0.4 is 5.32 Å². The number of nitrogens with one attached hydrogen (secondary N) is 1. The summed E-state index contributed by atoms with van der Waals surface area (Å²) in [6.07, 6.45) is 1.21. The quantitative estimate of drug-likeness (QED) is 0.904. The predicted octanol–water partition coefficient (Wildman–Crippen LogP) is 2.09. The molecular weight excluding hydrogens is 292 g/mol. The molecule has 0 aromatic heterocycles. The molecule has 0 radical (unpaired) electrons. The van der Waals surface area contributed by atoms with Crippen LogP contribution in [0.15, 0.2) is 29.2 Å². The standard InChI is InChI=1S/C14H22N2O2S2/c1-11(15-13-8-9-19-10-13)12-4-6-14(7-5-12)20(17,18)16(2)3/h4-7,11,13,15H,8-10H2,1-3H3. The second kappa shape index (κ2) is 6.47. The second-order valence-corrected chi connectivity index (χ2v) is 8.61. The molecule has 2 unspecified atom stereocenters. The van der Waals surface area contributed by atoms with Crippen molar-refractivity contribution >= 4 is 21.8 Å². The van der Waals surface area contributed by atoms with Crippen LogP contribution in [0.4, 0.5) is 0 Å². The summed E-state index contributed by atoms with van der Waals surface area (Å²) in [5.74, 6) is 2.39. The van der Waals surface area contributed by atoms with Crippen LogP contribution in [-0.4, -0.2) is 44.4 Å². The maximum Gasteiger partial charge on any atom is 0.242 e. The third-order valence-corrected chi connectivity index (χ3v) is 6.57. The van der Waals surface area contributed by atoms with Crippen LogP contribution in [0, 0.1) is 0 Å². The van der Waals surface area contributed by atoms with Gasteiger partial charge in [0.15, 0.2) is 0 Å². The van der Waals surface area contributed by atoms with Crippen LogP contribution in [0.1, 0.15) is 24.9 Å². The van der Waals surface area contributed by atoms with Gasteiger partial charge >= 0.3 is 0 Å². The molecule has 1 heterocycles. The van der Waals surface area contributed by atoms with Crippen LogP contribution >= 0.6 is 11.8 Å². The van der Waals surface area contributed by atoms with Gasteiger partial charge in [0, 0.05) is 31.9 Å². The largest absolute Gasteiger partial charge is 0.307 e. The molecule has 2 rings (SSSR count). The molecule has 4 nitrogen and oxygen atoms in total.